The molecule has 5 heteroatoms. The summed E-state index contributed by atoms with van der Waals surface area (Å²) in [5.74, 6) is 0. The highest BCUT2D eigenvalue weighted by Crippen LogP contribution is 2.21. The first-order chi connectivity index (χ1) is 8.63. The third-order valence-corrected chi connectivity index (χ3v) is 3.34. The van der Waals surface area contributed by atoms with E-state index in [1.807, 2.05) is 12.4 Å². The van der Waals surface area contributed by atoms with E-state index in [4.69, 9.17) is 0 Å². The lowest BCUT2D eigenvalue weighted by Gasteiger charge is -2.14. The Morgan fingerprint density at radius 3 is 2.78 bits per heavy atom. The fraction of sp³-hybridized carbons (Fsp3) is 0.538. The molecule has 2 aromatic heterocycles. The lowest BCUT2D eigenvalue weighted by molar-refractivity contribution is 0.566. The molecule has 5 nitrogen and oxygen atoms in total. The molecule has 1 atom stereocenters. The highest BCUT2D eigenvalue weighted by atomic mass is 15.3. The van der Waals surface area contributed by atoms with Gasteiger partial charge < -0.3 is 5.32 Å². The molecule has 2 heterocycles. The first kappa shape index (κ1) is 12.8. The van der Waals surface area contributed by atoms with Gasteiger partial charge in [-0.05, 0) is 27.7 Å². The van der Waals surface area contributed by atoms with Crippen LogP contribution < -0.4 is 5.32 Å². The molecule has 18 heavy (non-hydrogen) atoms. The van der Waals surface area contributed by atoms with Crippen molar-refractivity contribution >= 4 is 0 Å². The average molecular weight is 247 g/mol. The molecule has 0 aliphatic heterocycles. The predicted octanol–water partition coefficient (Wildman–Crippen LogP) is 2.09. The second-order valence-corrected chi connectivity index (χ2v) is 4.61. The van der Waals surface area contributed by atoms with Crippen LogP contribution in [0.2, 0.25) is 0 Å². The van der Waals surface area contributed by atoms with E-state index in [1.54, 1.807) is 0 Å². The zero-order valence-electron chi connectivity index (χ0n) is 11.5. The fourth-order valence-electron chi connectivity index (χ4n) is 2.39. The van der Waals surface area contributed by atoms with Gasteiger partial charge in [0.2, 0.25) is 0 Å². The van der Waals surface area contributed by atoms with E-state index >= 15 is 0 Å². The Kier molecular flexibility index (Phi) is 3.81. The van der Waals surface area contributed by atoms with Gasteiger partial charge in [-0.25, -0.2) is 0 Å². The fourth-order valence-corrected chi connectivity index (χ4v) is 2.39. The molecule has 0 fully saturated rings. The lowest BCUT2D eigenvalue weighted by atomic mass is 10.1. The molecule has 2 aromatic rings. The zero-order chi connectivity index (χ0) is 13.1. The highest BCUT2D eigenvalue weighted by Gasteiger charge is 2.16. The van der Waals surface area contributed by atoms with Gasteiger partial charge in [-0.1, -0.05) is 0 Å². The number of nitrogens with zero attached hydrogens (tertiary/aromatic N) is 3. The van der Waals surface area contributed by atoms with Gasteiger partial charge in [-0.15, -0.1) is 0 Å². The molecule has 0 radical (unpaired) electrons. The molecular weight excluding hydrogens is 226 g/mol. The number of hydrogen-bond acceptors (Lipinski definition) is 3. The van der Waals surface area contributed by atoms with Crippen molar-refractivity contribution < 1.29 is 0 Å². The van der Waals surface area contributed by atoms with Crippen LogP contribution >= 0.6 is 0 Å². The van der Waals surface area contributed by atoms with E-state index in [0.717, 1.165) is 18.8 Å². The third-order valence-electron chi connectivity index (χ3n) is 3.34. The van der Waals surface area contributed by atoms with Gasteiger partial charge in [0.25, 0.3) is 0 Å². The second-order valence-electron chi connectivity index (χ2n) is 4.61. The predicted molar refractivity (Wildman–Crippen MR) is 71.2 cm³/mol. The third kappa shape index (κ3) is 2.46. The van der Waals surface area contributed by atoms with Crippen molar-refractivity contribution in [1.82, 2.24) is 25.3 Å². The standard InChI is InChI=1S/C13H21N5/c1-5-18-11(4)13(10(3)17-18)9(2)14-6-12-7-15-16-8-12/h7-9,14H,5-6H2,1-4H3,(H,15,16). The molecule has 0 bridgehead atoms. The number of aryl methyl sites for hydroxylation is 2. The molecule has 0 saturated heterocycles. The van der Waals surface area contributed by atoms with Crippen molar-refractivity contribution in [2.24, 2.45) is 0 Å². The van der Waals surface area contributed by atoms with Crippen LogP contribution in [0.25, 0.3) is 0 Å². The summed E-state index contributed by atoms with van der Waals surface area (Å²) in [6, 6.07) is 0.292. The van der Waals surface area contributed by atoms with Crippen LogP contribution in [-0.2, 0) is 13.1 Å². The van der Waals surface area contributed by atoms with Gasteiger partial charge in [0.15, 0.2) is 0 Å². The minimum absolute atomic E-state index is 0.292. The van der Waals surface area contributed by atoms with E-state index < -0.39 is 0 Å². The van der Waals surface area contributed by atoms with Crippen molar-refractivity contribution in [3.8, 4) is 0 Å². The van der Waals surface area contributed by atoms with Crippen molar-refractivity contribution in [2.75, 3.05) is 0 Å². The lowest BCUT2D eigenvalue weighted by Crippen LogP contribution is -2.19. The number of nitrogens with one attached hydrogen (secondary N) is 2. The van der Waals surface area contributed by atoms with E-state index in [2.05, 4.69) is 53.0 Å². The average Bonchev–Trinajstić information content (AvgIpc) is 2.94. The van der Waals surface area contributed by atoms with Crippen LogP contribution in [0.1, 0.15) is 42.4 Å². The van der Waals surface area contributed by atoms with Crippen molar-refractivity contribution in [2.45, 2.75) is 46.8 Å². The number of hydrogen-bond donors (Lipinski definition) is 2. The first-order valence-electron chi connectivity index (χ1n) is 6.38. The summed E-state index contributed by atoms with van der Waals surface area (Å²) < 4.78 is 2.06. The highest BCUT2D eigenvalue weighted by molar-refractivity contribution is 5.27. The Balaban J connectivity index is 2.08. The normalized spacial score (nSPS) is 12.9. The van der Waals surface area contributed by atoms with Crippen LogP contribution in [0.5, 0.6) is 0 Å². The summed E-state index contributed by atoms with van der Waals surface area (Å²) in [5, 5.41) is 14.8. The molecule has 98 valence electrons. The Labute approximate surface area is 108 Å². The van der Waals surface area contributed by atoms with Crippen molar-refractivity contribution in [1.29, 1.82) is 0 Å². The molecule has 0 spiro atoms. The van der Waals surface area contributed by atoms with Crippen LogP contribution in [0, 0.1) is 13.8 Å². The molecule has 0 aromatic carbocycles. The van der Waals surface area contributed by atoms with Gasteiger partial charge >= 0.3 is 0 Å². The summed E-state index contributed by atoms with van der Waals surface area (Å²) in [4.78, 5) is 0. The molecule has 0 amide bonds. The Bertz CT molecular complexity index is 498. The van der Waals surface area contributed by atoms with Crippen molar-refractivity contribution in [3.63, 3.8) is 0 Å². The Morgan fingerprint density at radius 1 is 1.44 bits per heavy atom. The summed E-state index contributed by atoms with van der Waals surface area (Å²) in [6.45, 7) is 10.2. The maximum absolute atomic E-state index is 4.55. The van der Waals surface area contributed by atoms with Crippen LogP contribution in [0.4, 0.5) is 0 Å². The Hall–Kier alpha value is -1.62. The number of aromatic nitrogens is 4. The SMILES string of the molecule is CCn1nc(C)c(C(C)NCc2cn[nH]c2)c1C. The molecule has 1 unspecified atom stereocenters. The van der Waals surface area contributed by atoms with Crippen LogP contribution in [-0.4, -0.2) is 20.0 Å². The van der Waals surface area contributed by atoms with Gasteiger partial charge in [-0.3, -0.25) is 9.78 Å². The number of aromatic amines is 1. The van der Waals surface area contributed by atoms with Gasteiger partial charge in [-0.2, -0.15) is 10.2 Å². The summed E-state index contributed by atoms with van der Waals surface area (Å²) in [5.41, 5.74) is 4.84. The molecule has 0 aliphatic carbocycles. The number of H-pyrrole nitrogens is 1. The molecular formula is C13H21N5. The molecule has 2 N–H and O–H groups in total. The molecule has 2 rings (SSSR count). The smallest absolute Gasteiger partial charge is 0.0644 e. The largest absolute Gasteiger partial charge is 0.306 e. The van der Waals surface area contributed by atoms with Crippen LogP contribution in [0.15, 0.2) is 12.4 Å². The van der Waals surface area contributed by atoms with Crippen molar-refractivity contribution in [3.05, 3.63) is 34.9 Å². The minimum Gasteiger partial charge on any atom is -0.306 e. The minimum atomic E-state index is 0.292. The van der Waals surface area contributed by atoms with Crippen LogP contribution in [0.3, 0.4) is 0 Å². The summed E-state index contributed by atoms with van der Waals surface area (Å²) >= 11 is 0. The maximum Gasteiger partial charge on any atom is 0.0644 e. The van der Waals surface area contributed by atoms with Gasteiger partial charge in [0.1, 0.15) is 0 Å². The Morgan fingerprint density at radius 2 is 2.22 bits per heavy atom. The second kappa shape index (κ2) is 5.35. The monoisotopic (exact) mass is 247 g/mol. The maximum atomic E-state index is 4.55. The quantitative estimate of drug-likeness (QED) is 0.850. The number of rotatable bonds is 5. The zero-order valence-corrected chi connectivity index (χ0v) is 11.5. The first-order valence-corrected chi connectivity index (χ1v) is 6.38. The van der Waals surface area contributed by atoms with Gasteiger partial charge in [0.05, 0.1) is 11.9 Å². The van der Waals surface area contributed by atoms with E-state index in [1.165, 1.54) is 16.8 Å². The van der Waals surface area contributed by atoms with Gasteiger partial charge in [0, 0.05) is 42.1 Å². The topological polar surface area (TPSA) is 58.5 Å². The summed E-state index contributed by atoms with van der Waals surface area (Å²) in [7, 11) is 0. The molecule has 0 aliphatic rings. The van der Waals surface area contributed by atoms with E-state index in [9.17, 15) is 0 Å². The summed E-state index contributed by atoms with van der Waals surface area (Å²) in [6.07, 6.45) is 3.75. The van der Waals surface area contributed by atoms with E-state index in [-0.39, 0.29) is 0 Å². The molecule has 0 saturated carbocycles. The van der Waals surface area contributed by atoms with E-state index in [0.29, 0.717) is 6.04 Å².